The van der Waals surface area contributed by atoms with Gasteiger partial charge in [0.05, 0.1) is 12.0 Å². The normalized spacial score (nSPS) is 21.8. The Morgan fingerprint density at radius 2 is 1.70 bits per heavy atom. The lowest BCUT2D eigenvalue weighted by atomic mass is 9.83. The zero-order chi connectivity index (χ0) is 27.4. The van der Waals surface area contributed by atoms with E-state index < -0.39 is 51.7 Å². The number of carbonyl (C=O) groups excluding carboxylic acids is 3. The number of methoxy groups -OCH3 is 1. The number of benzene rings is 1. The Labute approximate surface area is 232 Å². The first-order valence-electron chi connectivity index (χ1n) is 12.5. The summed E-state index contributed by atoms with van der Waals surface area (Å²) in [5.41, 5.74) is -0.745. The van der Waals surface area contributed by atoms with E-state index in [-0.39, 0.29) is 23.8 Å². The Balaban J connectivity index is 1.83. The van der Waals surface area contributed by atoms with Gasteiger partial charge in [-0.15, -0.1) is 0 Å². The second-order valence-corrected chi connectivity index (χ2v) is 13.5. The lowest BCUT2D eigenvalue weighted by Gasteiger charge is -2.34. The molecule has 0 aromatic heterocycles. The van der Waals surface area contributed by atoms with Gasteiger partial charge < -0.3 is 19.7 Å². The fraction of sp³-hybridized carbons (Fsp3) is 0.640. The molecule has 2 fully saturated rings. The molecule has 0 unspecified atom stereocenters. The molecule has 2 aliphatic rings. The highest BCUT2D eigenvalue weighted by Crippen LogP contribution is 2.30. The number of hydrogen-bond donors (Lipinski definition) is 2. The molecule has 1 saturated carbocycles. The molecule has 1 saturated heterocycles. The third-order valence-corrected chi connectivity index (χ3v) is 8.82. The van der Waals surface area contributed by atoms with Gasteiger partial charge in [0.1, 0.15) is 17.7 Å². The van der Waals surface area contributed by atoms with Crippen molar-refractivity contribution in [1.82, 2.24) is 14.9 Å². The van der Waals surface area contributed by atoms with Gasteiger partial charge in [0.2, 0.25) is 15.9 Å². The molecule has 1 aliphatic carbocycles. The number of esters is 1. The van der Waals surface area contributed by atoms with Crippen molar-refractivity contribution in [3.63, 3.8) is 0 Å². The quantitative estimate of drug-likeness (QED) is 0.343. The fourth-order valence-electron chi connectivity index (χ4n) is 4.89. The van der Waals surface area contributed by atoms with E-state index in [0.717, 1.165) is 35.7 Å². The first-order valence-corrected chi connectivity index (χ1v) is 15.0. The Kier molecular flexibility index (Phi) is 9.84. The number of nitrogens with zero attached hydrogens (tertiary/aromatic N) is 1. The first kappa shape index (κ1) is 29.6. The van der Waals surface area contributed by atoms with Gasteiger partial charge in [0, 0.05) is 16.2 Å². The summed E-state index contributed by atoms with van der Waals surface area (Å²) in [4.78, 5) is 40.6. The highest BCUT2D eigenvalue weighted by atomic mass is 127. The number of hydrogen-bond acceptors (Lipinski definition) is 7. The van der Waals surface area contributed by atoms with Gasteiger partial charge in [-0.3, -0.25) is 4.79 Å². The van der Waals surface area contributed by atoms with E-state index >= 15 is 0 Å². The van der Waals surface area contributed by atoms with Crippen LogP contribution in [0.4, 0.5) is 4.79 Å². The summed E-state index contributed by atoms with van der Waals surface area (Å²) in [6.07, 6.45) is 3.79. The molecule has 3 rings (SSSR count). The van der Waals surface area contributed by atoms with Gasteiger partial charge in [-0.25, -0.2) is 22.7 Å². The van der Waals surface area contributed by atoms with E-state index in [9.17, 15) is 22.8 Å². The number of likely N-dealkylation sites (tertiary alicyclic amines) is 1. The van der Waals surface area contributed by atoms with Crippen molar-refractivity contribution in [2.75, 3.05) is 13.7 Å². The molecular formula is C25H36IN3O7S. The highest BCUT2D eigenvalue weighted by Gasteiger charge is 2.45. The van der Waals surface area contributed by atoms with Crippen molar-refractivity contribution in [2.45, 2.75) is 87.9 Å². The lowest BCUT2D eigenvalue weighted by Crippen LogP contribution is -2.56. The molecule has 1 aromatic rings. The summed E-state index contributed by atoms with van der Waals surface area (Å²) in [6.45, 7) is 5.19. The Hall–Kier alpha value is -1.93. The number of halogens is 1. The molecule has 37 heavy (non-hydrogen) atoms. The third-order valence-electron chi connectivity index (χ3n) is 6.56. The number of sulfonamides is 1. The second-order valence-electron chi connectivity index (χ2n) is 10.6. The molecule has 0 bridgehead atoms. The van der Waals surface area contributed by atoms with Crippen LogP contribution in [0.1, 0.15) is 59.3 Å². The summed E-state index contributed by atoms with van der Waals surface area (Å²) < 4.78 is 39.8. The molecule has 1 aliphatic heterocycles. The van der Waals surface area contributed by atoms with Crippen molar-refractivity contribution >= 4 is 50.6 Å². The Morgan fingerprint density at radius 3 is 2.27 bits per heavy atom. The lowest BCUT2D eigenvalue weighted by molar-refractivity contribution is -0.152. The van der Waals surface area contributed by atoms with Gasteiger partial charge in [-0.2, -0.15) is 0 Å². The van der Waals surface area contributed by atoms with Crippen LogP contribution in [-0.2, 0) is 29.1 Å². The number of nitrogens with one attached hydrogen (secondary N) is 2. The molecular weight excluding hydrogens is 613 g/mol. The predicted octanol–water partition coefficient (Wildman–Crippen LogP) is 3.19. The maximum atomic E-state index is 13.9. The average molecular weight is 650 g/mol. The molecule has 0 radical (unpaired) electrons. The zero-order valence-corrected chi connectivity index (χ0v) is 24.6. The maximum absolute atomic E-state index is 13.9. The predicted molar refractivity (Wildman–Crippen MR) is 145 cm³/mol. The maximum Gasteiger partial charge on any atom is 0.408 e. The fourth-order valence-corrected chi connectivity index (χ4v) is 6.49. The molecule has 2 amide bonds. The van der Waals surface area contributed by atoms with Gasteiger partial charge >= 0.3 is 12.1 Å². The number of ether oxygens (including phenoxy) is 2. The van der Waals surface area contributed by atoms with E-state index in [0.29, 0.717) is 0 Å². The molecule has 3 atom stereocenters. The van der Waals surface area contributed by atoms with Crippen LogP contribution in [0.25, 0.3) is 0 Å². The summed E-state index contributed by atoms with van der Waals surface area (Å²) in [7, 11) is -2.65. The monoisotopic (exact) mass is 649 g/mol. The van der Waals surface area contributed by atoms with Crippen molar-refractivity contribution in [3.05, 3.63) is 27.8 Å². The zero-order valence-electron chi connectivity index (χ0n) is 21.7. The highest BCUT2D eigenvalue weighted by molar-refractivity contribution is 14.1. The van der Waals surface area contributed by atoms with Crippen LogP contribution in [0, 0.1) is 9.49 Å². The van der Waals surface area contributed by atoms with Gasteiger partial charge in [-0.05, 0) is 92.8 Å². The number of carbonyl (C=O) groups is 3. The van der Waals surface area contributed by atoms with Crippen LogP contribution in [0.3, 0.4) is 0 Å². The summed E-state index contributed by atoms with van der Waals surface area (Å²) in [5, 5.41) is 2.75. The van der Waals surface area contributed by atoms with Crippen molar-refractivity contribution in [1.29, 1.82) is 0 Å². The van der Waals surface area contributed by atoms with E-state index in [1.54, 1.807) is 32.9 Å². The van der Waals surface area contributed by atoms with Gasteiger partial charge in [0.25, 0.3) is 0 Å². The van der Waals surface area contributed by atoms with Crippen molar-refractivity contribution in [3.8, 4) is 0 Å². The minimum absolute atomic E-state index is 0.0264. The molecule has 206 valence electrons. The third kappa shape index (κ3) is 8.03. The molecule has 12 heteroatoms. The summed E-state index contributed by atoms with van der Waals surface area (Å²) >= 11 is 2.09. The van der Waals surface area contributed by atoms with E-state index in [1.807, 2.05) is 0 Å². The number of amides is 2. The summed E-state index contributed by atoms with van der Waals surface area (Å²) in [6, 6.07) is 3.81. The minimum atomic E-state index is -3.88. The standard InChI is InChI=1S/C25H36IN3O7S/c1-25(2,3)36-24(32)27-21(16-8-6-5-7-9-16)22(30)29-15-18(14-20(29)23(31)35-4)28-37(33,34)19-12-10-17(26)11-13-19/h10-13,16,18,20-21,28H,5-9,14-15H2,1-4H3,(H,27,32)/t18-,20+,21-/m1/s1. The van der Waals surface area contributed by atoms with Gasteiger partial charge in [0.15, 0.2) is 0 Å². The SMILES string of the molecule is COC(=O)[C@@H]1C[C@@H](NS(=O)(=O)c2ccc(I)cc2)CN1C(=O)[C@H](NC(=O)OC(C)(C)C)C1CCCCC1. The molecule has 1 heterocycles. The van der Waals surface area contributed by atoms with Crippen LogP contribution >= 0.6 is 22.6 Å². The molecule has 0 spiro atoms. The molecule has 1 aromatic carbocycles. The average Bonchev–Trinajstić information content (AvgIpc) is 3.24. The Morgan fingerprint density at radius 1 is 1.08 bits per heavy atom. The van der Waals surface area contributed by atoms with Crippen LogP contribution < -0.4 is 10.0 Å². The van der Waals surface area contributed by atoms with Crippen LogP contribution in [0.5, 0.6) is 0 Å². The molecule has 10 nitrogen and oxygen atoms in total. The topological polar surface area (TPSA) is 131 Å². The van der Waals surface area contributed by atoms with E-state index in [1.165, 1.54) is 24.1 Å². The van der Waals surface area contributed by atoms with Crippen molar-refractivity contribution in [2.24, 2.45) is 5.92 Å². The van der Waals surface area contributed by atoms with Crippen LogP contribution in [0.2, 0.25) is 0 Å². The van der Waals surface area contributed by atoms with Gasteiger partial charge in [-0.1, -0.05) is 19.3 Å². The van der Waals surface area contributed by atoms with Crippen LogP contribution in [-0.4, -0.2) is 68.7 Å². The number of rotatable bonds is 7. The number of alkyl carbamates (subject to hydrolysis) is 1. The first-order chi connectivity index (χ1) is 17.3. The smallest absolute Gasteiger partial charge is 0.408 e. The van der Waals surface area contributed by atoms with E-state index in [4.69, 9.17) is 9.47 Å². The molecule has 2 N–H and O–H groups in total. The second kappa shape index (κ2) is 12.3. The van der Waals surface area contributed by atoms with Crippen molar-refractivity contribution < 1.29 is 32.3 Å². The van der Waals surface area contributed by atoms with E-state index in [2.05, 4.69) is 32.6 Å². The minimum Gasteiger partial charge on any atom is -0.467 e. The summed E-state index contributed by atoms with van der Waals surface area (Å²) in [5.74, 6) is -1.19. The Bertz CT molecular complexity index is 1080. The van der Waals surface area contributed by atoms with Crippen LogP contribution in [0.15, 0.2) is 29.2 Å². The largest absolute Gasteiger partial charge is 0.467 e.